The number of nitrogens with zero attached hydrogens (tertiary/aromatic N) is 1. The van der Waals surface area contributed by atoms with Gasteiger partial charge in [-0.15, -0.1) is 0 Å². The summed E-state index contributed by atoms with van der Waals surface area (Å²) in [7, 11) is 0. The predicted octanol–water partition coefficient (Wildman–Crippen LogP) is 3.14. The van der Waals surface area contributed by atoms with Crippen LogP contribution >= 0.6 is 0 Å². The van der Waals surface area contributed by atoms with E-state index in [1.807, 2.05) is 59.3 Å². The molecule has 5 rings (SSSR count). The molecular formula is C18H11N2O+. The quantitative estimate of drug-likeness (QED) is 0.432. The van der Waals surface area contributed by atoms with E-state index in [1.165, 1.54) is 0 Å². The number of H-pyrrole nitrogens is 1. The van der Waals surface area contributed by atoms with E-state index in [9.17, 15) is 4.79 Å². The molecule has 0 fully saturated rings. The molecule has 0 saturated heterocycles. The van der Waals surface area contributed by atoms with Gasteiger partial charge in [-0.25, -0.2) is 0 Å². The van der Waals surface area contributed by atoms with E-state index >= 15 is 0 Å². The first-order valence-electron chi connectivity index (χ1n) is 6.94. The average Bonchev–Trinajstić information content (AvgIpc) is 3.04. The standard InChI is InChI=1S/C18H10N2O/c21-18-12-6-2-4-8-15(12)20-10-9-14-16(17(18)20)11-5-1-3-7-13(11)19-14/h1-10H/p+1. The third-order valence-electron chi connectivity index (χ3n) is 4.23. The molecule has 2 aromatic heterocycles. The predicted molar refractivity (Wildman–Crippen MR) is 80.8 cm³/mol. The fourth-order valence-corrected chi connectivity index (χ4v) is 3.31. The number of benzene rings is 2. The number of hydrogen-bond acceptors (Lipinski definition) is 1. The van der Waals surface area contributed by atoms with Gasteiger partial charge < -0.3 is 4.98 Å². The molecule has 3 heterocycles. The van der Waals surface area contributed by atoms with Crippen LogP contribution in [0.4, 0.5) is 0 Å². The van der Waals surface area contributed by atoms with Gasteiger partial charge in [-0.05, 0) is 12.1 Å². The molecule has 0 aliphatic carbocycles. The minimum absolute atomic E-state index is 0.0981. The molecule has 4 aromatic rings. The van der Waals surface area contributed by atoms with Gasteiger partial charge in [0.1, 0.15) is 5.56 Å². The molecule has 0 atom stereocenters. The van der Waals surface area contributed by atoms with Gasteiger partial charge in [0, 0.05) is 23.0 Å². The Morgan fingerprint density at radius 3 is 2.62 bits per heavy atom. The number of nitrogens with one attached hydrogen (secondary N) is 1. The van der Waals surface area contributed by atoms with Crippen molar-refractivity contribution >= 4 is 27.6 Å². The number of rotatable bonds is 0. The average molecular weight is 271 g/mol. The topological polar surface area (TPSA) is 36.7 Å². The maximum atomic E-state index is 12.8. The van der Waals surface area contributed by atoms with E-state index in [1.54, 1.807) is 0 Å². The molecule has 0 amide bonds. The lowest BCUT2D eigenvalue weighted by molar-refractivity contribution is -0.592. The Hall–Kier alpha value is -2.94. The number of carbonyl (C=O) groups excluding carboxylic acids is 1. The smallest absolute Gasteiger partial charge is 0.269 e. The zero-order chi connectivity index (χ0) is 14.0. The second-order valence-electron chi connectivity index (χ2n) is 5.34. The Labute approximate surface area is 120 Å². The van der Waals surface area contributed by atoms with Crippen molar-refractivity contribution in [2.45, 2.75) is 0 Å². The van der Waals surface area contributed by atoms with Gasteiger partial charge >= 0.3 is 0 Å². The highest BCUT2D eigenvalue weighted by Gasteiger charge is 2.37. The third kappa shape index (κ3) is 1.23. The van der Waals surface area contributed by atoms with Crippen molar-refractivity contribution in [3.8, 4) is 5.69 Å². The highest BCUT2D eigenvalue weighted by molar-refractivity contribution is 6.22. The fourth-order valence-electron chi connectivity index (χ4n) is 3.31. The van der Waals surface area contributed by atoms with Crippen LogP contribution in [0.2, 0.25) is 0 Å². The molecule has 1 aliphatic rings. The second kappa shape index (κ2) is 3.58. The summed E-state index contributed by atoms with van der Waals surface area (Å²) in [6, 6.07) is 17.9. The third-order valence-corrected chi connectivity index (χ3v) is 4.23. The molecule has 21 heavy (non-hydrogen) atoms. The van der Waals surface area contributed by atoms with Crippen molar-refractivity contribution in [3.63, 3.8) is 0 Å². The number of hydrogen-bond donors (Lipinski definition) is 1. The monoisotopic (exact) mass is 271 g/mol. The molecule has 0 spiro atoms. The van der Waals surface area contributed by atoms with E-state index in [4.69, 9.17) is 0 Å². The van der Waals surface area contributed by atoms with Crippen LogP contribution in [0.5, 0.6) is 0 Å². The second-order valence-corrected chi connectivity index (χ2v) is 5.34. The summed E-state index contributed by atoms with van der Waals surface area (Å²) >= 11 is 0. The molecule has 0 bridgehead atoms. The van der Waals surface area contributed by atoms with Crippen molar-refractivity contribution in [1.82, 2.24) is 4.98 Å². The summed E-state index contributed by atoms with van der Waals surface area (Å²) in [5.74, 6) is 0.0981. The first kappa shape index (κ1) is 10.8. The summed E-state index contributed by atoms with van der Waals surface area (Å²) in [6.07, 6.45) is 1.97. The van der Waals surface area contributed by atoms with Gasteiger partial charge in [0.25, 0.3) is 11.5 Å². The summed E-state index contributed by atoms with van der Waals surface area (Å²) in [5.41, 5.74) is 4.56. The lowest BCUT2D eigenvalue weighted by atomic mass is 10.1. The maximum Gasteiger partial charge on any atom is 0.269 e. The normalized spacial score (nSPS) is 12.9. The number of ketones is 1. The fraction of sp³-hybridized carbons (Fsp3) is 0. The first-order valence-corrected chi connectivity index (χ1v) is 6.94. The number of aromatic nitrogens is 2. The Bertz CT molecular complexity index is 1060. The minimum atomic E-state index is 0.0981. The van der Waals surface area contributed by atoms with Gasteiger partial charge in [0.05, 0.1) is 10.9 Å². The molecule has 0 saturated carbocycles. The molecule has 1 aliphatic heterocycles. The molecular weight excluding hydrogens is 260 g/mol. The number of para-hydroxylation sites is 2. The lowest BCUT2D eigenvalue weighted by Crippen LogP contribution is -2.31. The van der Waals surface area contributed by atoms with Crippen LogP contribution in [0.15, 0.2) is 60.8 Å². The van der Waals surface area contributed by atoms with Crippen LogP contribution in [0.3, 0.4) is 0 Å². The van der Waals surface area contributed by atoms with Crippen LogP contribution in [-0.4, -0.2) is 10.8 Å². The van der Waals surface area contributed by atoms with Crippen molar-refractivity contribution in [2.75, 3.05) is 0 Å². The zero-order valence-corrected chi connectivity index (χ0v) is 11.1. The van der Waals surface area contributed by atoms with E-state index in [2.05, 4.69) is 11.1 Å². The number of fused-ring (bicyclic) bond motifs is 7. The van der Waals surface area contributed by atoms with Gasteiger partial charge in [-0.1, -0.05) is 30.3 Å². The van der Waals surface area contributed by atoms with Crippen molar-refractivity contribution in [1.29, 1.82) is 0 Å². The van der Waals surface area contributed by atoms with E-state index in [-0.39, 0.29) is 5.78 Å². The Kier molecular flexibility index (Phi) is 1.84. The number of pyridine rings is 1. The van der Waals surface area contributed by atoms with Crippen molar-refractivity contribution < 1.29 is 9.36 Å². The van der Waals surface area contributed by atoms with Crippen LogP contribution in [-0.2, 0) is 0 Å². The summed E-state index contributed by atoms with van der Waals surface area (Å²) in [4.78, 5) is 16.2. The van der Waals surface area contributed by atoms with Crippen LogP contribution < -0.4 is 4.57 Å². The Morgan fingerprint density at radius 1 is 0.857 bits per heavy atom. The van der Waals surface area contributed by atoms with E-state index in [0.717, 1.165) is 38.8 Å². The SMILES string of the molecule is O=C1c2ccccc2-[n+]2ccc3[nH]c4ccccc4c3c21. The molecule has 2 aromatic carbocycles. The molecule has 98 valence electrons. The van der Waals surface area contributed by atoms with Gasteiger partial charge in [-0.2, -0.15) is 4.57 Å². The number of aromatic amines is 1. The van der Waals surface area contributed by atoms with Crippen LogP contribution in [0.1, 0.15) is 16.1 Å². The van der Waals surface area contributed by atoms with Gasteiger partial charge in [0.2, 0.25) is 5.69 Å². The Morgan fingerprint density at radius 2 is 1.67 bits per heavy atom. The minimum Gasteiger partial charge on any atom is -0.354 e. The summed E-state index contributed by atoms with van der Waals surface area (Å²) < 4.78 is 2.00. The molecule has 0 unspecified atom stereocenters. The summed E-state index contributed by atoms with van der Waals surface area (Å²) in [6.45, 7) is 0. The largest absolute Gasteiger partial charge is 0.354 e. The van der Waals surface area contributed by atoms with E-state index in [0.29, 0.717) is 0 Å². The van der Waals surface area contributed by atoms with Crippen LogP contribution in [0.25, 0.3) is 27.5 Å². The molecule has 1 N–H and O–H groups in total. The summed E-state index contributed by atoms with van der Waals surface area (Å²) in [5, 5.41) is 2.10. The molecule has 3 nitrogen and oxygen atoms in total. The Balaban J connectivity index is 2.02. The van der Waals surface area contributed by atoms with Gasteiger partial charge in [0.15, 0.2) is 6.20 Å². The zero-order valence-electron chi connectivity index (χ0n) is 11.1. The number of carbonyl (C=O) groups is 1. The molecule has 3 heteroatoms. The molecule has 0 radical (unpaired) electrons. The van der Waals surface area contributed by atoms with Crippen molar-refractivity contribution in [3.05, 3.63) is 72.1 Å². The highest BCUT2D eigenvalue weighted by Crippen LogP contribution is 2.31. The van der Waals surface area contributed by atoms with Crippen LogP contribution in [0, 0.1) is 0 Å². The van der Waals surface area contributed by atoms with Crippen molar-refractivity contribution in [2.24, 2.45) is 0 Å². The first-order chi connectivity index (χ1) is 10.3. The lowest BCUT2D eigenvalue weighted by Gasteiger charge is -1.95. The van der Waals surface area contributed by atoms with Gasteiger partial charge in [-0.3, -0.25) is 4.79 Å². The van der Waals surface area contributed by atoms with E-state index < -0.39 is 0 Å². The maximum absolute atomic E-state index is 12.8. The highest BCUT2D eigenvalue weighted by atomic mass is 16.1.